The van der Waals surface area contributed by atoms with Gasteiger partial charge in [-0.25, -0.2) is 4.39 Å². The fraction of sp³-hybridized carbons (Fsp3) is 0.727. The van der Waals surface area contributed by atoms with Crippen LogP contribution in [-0.4, -0.2) is 10.2 Å². The van der Waals surface area contributed by atoms with Crippen LogP contribution in [0.4, 0.5) is 10.2 Å². The Labute approximate surface area is 88.2 Å². The number of rotatable bonds is 1. The van der Waals surface area contributed by atoms with E-state index in [4.69, 9.17) is 5.73 Å². The van der Waals surface area contributed by atoms with E-state index in [1.165, 1.54) is 25.7 Å². The number of aromatic nitrogens is 2. The summed E-state index contributed by atoms with van der Waals surface area (Å²) in [4.78, 5) is 0. The number of nitrogens with two attached hydrogens (primary N) is 1. The van der Waals surface area contributed by atoms with Crippen molar-refractivity contribution in [3.8, 4) is 0 Å². The van der Waals surface area contributed by atoms with Crippen molar-refractivity contribution >= 4 is 5.82 Å². The molecule has 3 rings (SSSR count). The maximum Gasteiger partial charge on any atom is 0.188 e. The minimum absolute atomic E-state index is 0.0143. The smallest absolute Gasteiger partial charge is 0.188 e. The number of hydrogen-bond donors (Lipinski definition) is 2. The zero-order valence-electron chi connectivity index (χ0n) is 8.72. The number of nitrogens with one attached hydrogen (secondary N) is 1. The maximum atomic E-state index is 13.6. The van der Waals surface area contributed by atoms with Crippen molar-refractivity contribution in [1.29, 1.82) is 0 Å². The van der Waals surface area contributed by atoms with Crippen LogP contribution in [0.3, 0.4) is 0 Å². The van der Waals surface area contributed by atoms with E-state index in [0.29, 0.717) is 17.0 Å². The molecule has 82 valence electrons. The van der Waals surface area contributed by atoms with Crippen LogP contribution in [0.25, 0.3) is 0 Å². The molecule has 0 radical (unpaired) electrons. The van der Waals surface area contributed by atoms with Gasteiger partial charge in [-0.1, -0.05) is 6.42 Å². The third-order valence-corrected chi connectivity index (χ3v) is 4.06. The van der Waals surface area contributed by atoms with Gasteiger partial charge in [-0.3, -0.25) is 5.10 Å². The van der Waals surface area contributed by atoms with Crippen LogP contribution in [0.1, 0.15) is 50.1 Å². The summed E-state index contributed by atoms with van der Waals surface area (Å²) in [6, 6.07) is 0. The highest BCUT2D eigenvalue weighted by molar-refractivity contribution is 5.33. The van der Waals surface area contributed by atoms with Crippen molar-refractivity contribution in [1.82, 2.24) is 10.2 Å². The molecular formula is C11H16FN3. The second kappa shape index (κ2) is 2.97. The van der Waals surface area contributed by atoms with E-state index >= 15 is 0 Å². The van der Waals surface area contributed by atoms with Gasteiger partial charge in [0, 0.05) is 5.92 Å². The number of anilines is 1. The van der Waals surface area contributed by atoms with Gasteiger partial charge in [0.25, 0.3) is 0 Å². The fourth-order valence-electron chi connectivity index (χ4n) is 2.95. The van der Waals surface area contributed by atoms with Crippen molar-refractivity contribution in [3.63, 3.8) is 0 Å². The first-order chi connectivity index (χ1) is 7.20. The fourth-order valence-corrected chi connectivity index (χ4v) is 2.95. The van der Waals surface area contributed by atoms with Gasteiger partial charge < -0.3 is 5.73 Å². The molecule has 15 heavy (non-hydrogen) atoms. The molecule has 0 amide bonds. The Morgan fingerprint density at radius 1 is 1.40 bits per heavy atom. The quantitative estimate of drug-likeness (QED) is 0.746. The molecule has 0 aliphatic heterocycles. The van der Waals surface area contributed by atoms with Crippen molar-refractivity contribution in [2.24, 2.45) is 5.41 Å². The Bertz CT molecular complexity index is 381. The summed E-state index contributed by atoms with van der Waals surface area (Å²) in [5.41, 5.74) is 6.60. The molecule has 0 saturated heterocycles. The minimum atomic E-state index is -0.322. The molecule has 1 spiro atoms. The van der Waals surface area contributed by atoms with E-state index < -0.39 is 0 Å². The van der Waals surface area contributed by atoms with E-state index in [-0.39, 0.29) is 11.6 Å². The molecule has 2 fully saturated rings. The number of aromatic amines is 1. The summed E-state index contributed by atoms with van der Waals surface area (Å²) >= 11 is 0. The highest BCUT2D eigenvalue weighted by atomic mass is 19.1. The van der Waals surface area contributed by atoms with Crippen molar-refractivity contribution in [2.45, 2.75) is 44.4 Å². The lowest BCUT2D eigenvalue weighted by Gasteiger charge is -2.28. The lowest BCUT2D eigenvalue weighted by atomic mass is 9.77. The molecule has 3 N–H and O–H groups in total. The van der Waals surface area contributed by atoms with Gasteiger partial charge in [0.05, 0.1) is 5.69 Å². The number of hydrogen-bond acceptors (Lipinski definition) is 2. The lowest BCUT2D eigenvalue weighted by Crippen LogP contribution is -2.16. The molecule has 0 bridgehead atoms. The summed E-state index contributed by atoms with van der Waals surface area (Å²) in [5.74, 6) is 0.00386. The Balaban J connectivity index is 1.84. The van der Waals surface area contributed by atoms with Crippen LogP contribution in [-0.2, 0) is 0 Å². The zero-order valence-corrected chi connectivity index (χ0v) is 8.72. The van der Waals surface area contributed by atoms with Crippen molar-refractivity contribution in [2.75, 3.05) is 5.73 Å². The van der Waals surface area contributed by atoms with Crippen molar-refractivity contribution in [3.05, 3.63) is 11.5 Å². The van der Waals surface area contributed by atoms with Gasteiger partial charge in [0.15, 0.2) is 11.6 Å². The molecule has 1 aromatic rings. The Morgan fingerprint density at radius 2 is 2.20 bits per heavy atom. The number of H-pyrrole nitrogens is 1. The van der Waals surface area contributed by atoms with Gasteiger partial charge >= 0.3 is 0 Å². The molecule has 1 aromatic heterocycles. The third kappa shape index (κ3) is 1.43. The monoisotopic (exact) mass is 209 g/mol. The van der Waals surface area contributed by atoms with Crippen LogP contribution in [0.15, 0.2) is 0 Å². The summed E-state index contributed by atoms with van der Waals surface area (Å²) in [7, 11) is 0. The molecule has 0 aromatic carbocycles. The van der Waals surface area contributed by atoms with E-state index in [0.717, 1.165) is 12.8 Å². The van der Waals surface area contributed by atoms with E-state index in [1.54, 1.807) is 0 Å². The molecule has 1 heterocycles. The largest absolute Gasteiger partial charge is 0.380 e. The molecule has 1 unspecified atom stereocenters. The predicted molar refractivity (Wildman–Crippen MR) is 55.8 cm³/mol. The third-order valence-electron chi connectivity index (χ3n) is 4.06. The molecule has 3 nitrogen and oxygen atoms in total. The maximum absolute atomic E-state index is 13.6. The SMILES string of the molecule is Nc1n[nH]c(C2CCCC3(CC3)C2)c1F. The van der Waals surface area contributed by atoms with Crippen molar-refractivity contribution < 1.29 is 4.39 Å². The topological polar surface area (TPSA) is 54.7 Å². The van der Waals surface area contributed by atoms with Crippen LogP contribution in [0, 0.1) is 11.2 Å². The van der Waals surface area contributed by atoms with Crippen LogP contribution in [0.5, 0.6) is 0 Å². The molecule has 2 aliphatic rings. The number of nitrogens with zero attached hydrogens (tertiary/aromatic N) is 1. The summed E-state index contributed by atoms with van der Waals surface area (Å²) < 4.78 is 13.6. The normalized spacial score (nSPS) is 28.2. The predicted octanol–water partition coefficient (Wildman–Crippen LogP) is 2.57. The second-order valence-electron chi connectivity index (χ2n) is 5.13. The average molecular weight is 209 g/mol. The van der Waals surface area contributed by atoms with Crippen LogP contribution in [0.2, 0.25) is 0 Å². The highest BCUT2D eigenvalue weighted by Gasteiger charge is 2.46. The summed E-state index contributed by atoms with van der Waals surface area (Å²) in [6.07, 6.45) is 7.38. The highest BCUT2D eigenvalue weighted by Crippen LogP contribution is 2.59. The molecular weight excluding hydrogens is 193 g/mol. The van der Waals surface area contributed by atoms with Gasteiger partial charge in [-0.15, -0.1) is 0 Å². The Kier molecular flexibility index (Phi) is 1.82. The molecule has 2 aliphatic carbocycles. The number of halogens is 1. The zero-order chi connectivity index (χ0) is 10.5. The standard InChI is InChI=1S/C11H16FN3/c12-8-9(14-15-10(8)13)7-2-1-3-11(6-7)4-5-11/h7H,1-6H2,(H3,13,14,15). The molecule has 1 atom stereocenters. The van der Waals surface area contributed by atoms with Gasteiger partial charge in [-0.2, -0.15) is 5.10 Å². The first kappa shape index (κ1) is 9.19. The van der Waals surface area contributed by atoms with Gasteiger partial charge in [0.2, 0.25) is 0 Å². The molecule has 4 heteroatoms. The Hall–Kier alpha value is -1.06. The van der Waals surface area contributed by atoms with E-state index in [2.05, 4.69) is 10.2 Å². The van der Waals surface area contributed by atoms with Crippen LogP contribution < -0.4 is 5.73 Å². The van der Waals surface area contributed by atoms with E-state index in [9.17, 15) is 4.39 Å². The summed E-state index contributed by atoms with van der Waals surface area (Å²) in [6.45, 7) is 0. The first-order valence-corrected chi connectivity index (χ1v) is 5.69. The van der Waals surface area contributed by atoms with E-state index in [1.807, 2.05) is 0 Å². The number of nitrogen functional groups attached to an aromatic ring is 1. The molecule has 2 saturated carbocycles. The lowest BCUT2D eigenvalue weighted by molar-refractivity contribution is 0.293. The minimum Gasteiger partial charge on any atom is -0.380 e. The summed E-state index contributed by atoms with van der Waals surface area (Å²) in [5, 5.41) is 6.50. The van der Waals surface area contributed by atoms with Crippen LogP contribution >= 0.6 is 0 Å². The first-order valence-electron chi connectivity index (χ1n) is 5.69. The van der Waals surface area contributed by atoms with Gasteiger partial charge in [0.1, 0.15) is 0 Å². The Morgan fingerprint density at radius 3 is 2.80 bits per heavy atom. The average Bonchev–Trinajstić information content (AvgIpc) is 2.88. The second-order valence-corrected chi connectivity index (χ2v) is 5.13. The van der Waals surface area contributed by atoms with Gasteiger partial charge in [-0.05, 0) is 37.5 Å².